The van der Waals surface area contributed by atoms with Crippen molar-refractivity contribution in [2.75, 3.05) is 57.7 Å². The fraction of sp³-hybridized carbons (Fsp3) is 0.344. The number of nitrogens with one attached hydrogen (secondary N) is 1. The summed E-state index contributed by atoms with van der Waals surface area (Å²) < 4.78 is 18.0. The smallest absolute Gasteiger partial charge is 0.262 e. The second-order valence-electron chi connectivity index (χ2n) is 9.97. The van der Waals surface area contributed by atoms with Gasteiger partial charge in [0.1, 0.15) is 0 Å². The number of benzene rings is 3. The maximum absolute atomic E-state index is 13.9. The van der Waals surface area contributed by atoms with E-state index in [0.717, 1.165) is 30.8 Å². The van der Waals surface area contributed by atoms with Crippen LogP contribution in [0.25, 0.3) is 10.9 Å². The van der Waals surface area contributed by atoms with Gasteiger partial charge in [-0.1, -0.05) is 48.2 Å². The number of hydrogen-bond donors (Lipinski definition) is 1. The maximum atomic E-state index is 13.9. The number of ether oxygens (including phenoxy) is 3. The zero-order chi connectivity index (χ0) is 29.3. The van der Waals surface area contributed by atoms with Gasteiger partial charge in [-0.15, -0.1) is 0 Å². The van der Waals surface area contributed by atoms with E-state index in [1.165, 1.54) is 17.3 Å². The Kier molecular flexibility index (Phi) is 9.99. The highest BCUT2D eigenvalue weighted by atomic mass is 32.2. The molecular weight excluding hydrogens is 552 g/mol. The molecule has 0 saturated carbocycles. The van der Waals surface area contributed by atoms with E-state index < -0.39 is 0 Å². The summed E-state index contributed by atoms with van der Waals surface area (Å²) in [6, 6.07) is 21.6. The standard InChI is InChI=1S/C32H36N4O5S/c1-39-28-11-8-24(20-29(28)40-2)13-15-36-31(38)26-21-25(35-16-18-41-19-17-35)9-10-27(26)34-32(36)42-22-30(37)33-14-12-23-6-4-3-5-7-23/h3-11,20-21H,12-19,22H2,1-2H3,(H,33,37). The molecule has 1 aliphatic rings. The number of anilines is 1. The summed E-state index contributed by atoms with van der Waals surface area (Å²) in [7, 11) is 3.20. The molecule has 4 aromatic rings. The Balaban J connectivity index is 1.37. The first-order valence-corrected chi connectivity index (χ1v) is 15.1. The summed E-state index contributed by atoms with van der Waals surface area (Å²) >= 11 is 1.28. The van der Waals surface area contributed by atoms with Crippen LogP contribution in [0.3, 0.4) is 0 Å². The molecular formula is C32H36N4O5S. The van der Waals surface area contributed by atoms with E-state index in [9.17, 15) is 9.59 Å². The number of methoxy groups -OCH3 is 2. The summed E-state index contributed by atoms with van der Waals surface area (Å²) in [4.78, 5) is 33.7. The lowest BCUT2D eigenvalue weighted by atomic mass is 10.1. The molecule has 1 saturated heterocycles. The van der Waals surface area contributed by atoms with Crippen LogP contribution in [0.4, 0.5) is 5.69 Å². The number of carbonyl (C=O) groups excluding carboxylic acids is 1. The van der Waals surface area contributed by atoms with E-state index >= 15 is 0 Å². The van der Waals surface area contributed by atoms with E-state index in [2.05, 4.69) is 10.2 Å². The molecule has 3 aromatic carbocycles. The molecule has 0 atom stereocenters. The zero-order valence-corrected chi connectivity index (χ0v) is 24.8. The Hall–Kier alpha value is -4.02. The average Bonchev–Trinajstić information content (AvgIpc) is 3.04. The summed E-state index contributed by atoms with van der Waals surface area (Å²) in [5, 5.41) is 4.06. The van der Waals surface area contributed by atoms with Crippen molar-refractivity contribution in [2.24, 2.45) is 0 Å². The van der Waals surface area contributed by atoms with Gasteiger partial charge < -0.3 is 24.4 Å². The molecule has 0 bridgehead atoms. The number of thioether (sulfide) groups is 1. The molecule has 10 heteroatoms. The van der Waals surface area contributed by atoms with E-state index in [1.807, 2.05) is 66.7 Å². The highest BCUT2D eigenvalue weighted by Crippen LogP contribution is 2.28. The van der Waals surface area contributed by atoms with Crippen molar-refractivity contribution < 1.29 is 19.0 Å². The van der Waals surface area contributed by atoms with Crippen molar-refractivity contribution in [3.8, 4) is 11.5 Å². The molecule has 42 heavy (non-hydrogen) atoms. The lowest BCUT2D eigenvalue weighted by molar-refractivity contribution is -0.118. The SMILES string of the molecule is COc1ccc(CCn2c(SCC(=O)NCCc3ccccc3)nc3ccc(N4CCOCC4)cc3c2=O)cc1OC. The number of amides is 1. The number of aryl methyl sites for hydroxylation is 1. The van der Waals surface area contributed by atoms with Gasteiger partial charge in [-0.05, 0) is 54.3 Å². The van der Waals surface area contributed by atoms with Gasteiger partial charge in [0.05, 0.1) is 44.1 Å². The Morgan fingerprint density at radius 3 is 2.50 bits per heavy atom. The van der Waals surface area contributed by atoms with Gasteiger partial charge >= 0.3 is 0 Å². The average molecular weight is 589 g/mol. The fourth-order valence-corrected chi connectivity index (χ4v) is 5.82. The van der Waals surface area contributed by atoms with Gasteiger partial charge in [0.2, 0.25) is 5.91 Å². The second-order valence-corrected chi connectivity index (χ2v) is 10.9. The lowest BCUT2D eigenvalue weighted by Gasteiger charge is -2.29. The minimum absolute atomic E-state index is 0.0978. The van der Waals surface area contributed by atoms with Crippen LogP contribution in [0.5, 0.6) is 11.5 Å². The molecule has 1 N–H and O–H groups in total. The molecule has 1 aliphatic heterocycles. The molecule has 1 aromatic heterocycles. The molecule has 0 spiro atoms. The third-order valence-corrected chi connectivity index (χ3v) is 8.24. The number of aromatic nitrogens is 2. The van der Waals surface area contributed by atoms with Crippen LogP contribution < -0.4 is 25.2 Å². The van der Waals surface area contributed by atoms with E-state index in [1.54, 1.807) is 18.8 Å². The monoisotopic (exact) mass is 588 g/mol. The summed E-state index contributed by atoms with van der Waals surface area (Å²) in [5.74, 6) is 1.35. The minimum atomic E-state index is -0.123. The van der Waals surface area contributed by atoms with E-state index in [4.69, 9.17) is 19.2 Å². The lowest BCUT2D eigenvalue weighted by Crippen LogP contribution is -2.36. The largest absolute Gasteiger partial charge is 0.493 e. The third kappa shape index (κ3) is 7.24. The number of morpholine rings is 1. The van der Waals surface area contributed by atoms with Crippen molar-refractivity contribution in [1.29, 1.82) is 0 Å². The van der Waals surface area contributed by atoms with Crippen LogP contribution in [0.1, 0.15) is 11.1 Å². The number of nitrogens with zero attached hydrogens (tertiary/aromatic N) is 3. The molecule has 9 nitrogen and oxygen atoms in total. The van der Waals surface area contributed by atoms with Crippen molar-refractivity contribution >= 4 is 34.3 Å². The molecule has 2 heterocycles. The molecule has 0 aliphatic carbocycles. The fourth-order valence-electron chi connectivity index (χ4n) is 4.96. The summed E-state index contributed by atoms with van der Waals surface area (Å²) in [6.45, 7) is 3.82. The topological polar surface area (TPSA) is 94.9 Å². The van der Waals surface area contributed by atoms with Gasteiger partial charge in [-0.2, -0.15) is 0 Å². The molecule has 1 amide bonds. The number of fused-ring (bicyclic) bond motifs is 1. The van der Waals surface area contributed by atoms with Crippen LogP contribution in [0.15, 0.2) is 76.7 Å². The van der Waals surface area contributed by atoms with E-state index in [0.29, 0.717) is 60.3 Å². The predicted molar refractivity (Wildman–Crippen MR) is 166 cm³/mol. The summed E-state index contributed by atoms with van der Waals surface area (Å²) in [6.07, 6.45) is 1.33. The van der Waals surface area contributed by atoms with Crippen LogP contribution in [-0.2, 0) is 28.9 Å². The van der Waals surface area contributed by atoms with Crippen molar-refractivity contribution in [1.82, 2.24) is 14.9 Å². The summed E-state index contributed by atoms with van der Waals surface area (Å²) in [5.41, 5.74) is 3.64. The predicted octanol–water partition coefficient (Wildman–Crippen LogP) is 3.94. The highest BCUT2D eigenvalue weighted by Gasteiger charge is 2.17. The molecule has 0 unspecified atom stereocenters. The maximum Gasteiger partial charge on any atom is 0.262 e. The Labute approximate surface area is 249 Å². The first-order valence-electron chi connectivity index (χ1n) is 14.1. The number of carbonyl (C=O) groups is 1. The van der Waals surface area contributed by atoms with Gasteiger partial charge in [0.25, 0.3) is 5.56 Å². The number of rotatable bonds is 12. The van der Waals surface area contributed by atoms with Gasteiger partial charge in [-0.25, -0.2) is 4.98 Å². The van der Waals surface area contributed by atoms with Crippen LogP contribution in [-0.4, -0.2) is 68.3 Å². The van der Waals surface area contributed by atoms with Gasteiger partial charge in [0.15, 0.2) is 16.7 Å². The second kappa shape index (κ2) is 14.2. The van der Waals surface area contributed by atoms with Gasteiger partial charge in [-0.3, -0.25) is 14.2 Å². The van der Waals surface area contributed by atoms with Crippen LogP contribution >= 0.6 is 11.8 Å². The minimum Gasteiger partial charge on any atom is -0.493 e. The van der Waals surface area contributed by atoms with Crippen molar-refractivity contribution in [3.05, 3.63) is 88.2 Å². The first kappa shape index (κ1) is 29.5. The molecule has 0 radical (unpaired) electrons. The third-order valence-electron chi connectivity index (χ3n) is 7.26. The highest BCUT2D eigenvalue weighted by molar-refractivity contribution is 7.99. The van der Waals surface area contributed by atoms with Crippen molar-refractivity contribution in [3.63, 3.8) is 0 Å². The number of hydrogen-bond acceptors (Lipinski definition) is 8. The van der Waals surface area contributed by atoms with Crippen LogP contribution in [0.2, 0.25) is 0 Å². The Morgan fingerprint density at radius 2 is 1.74 bits per heavy atom. The Bertz CT molecular complexity index is 1570. The quantitative estimate of drug-likeness (QED) is 0.197. The van der Waals surface area contributed by atoms with Crippen LogP contribution in [0, 0.1) is 0 Å². The molecule has 220 valence electrons. The zero-order valence-electron chi connectivity index (χ0n) is 24.0. The normalized spacial score (nSPS) is 13.2. The molecule has 5 rings (SSSR count). The first-order chi connectivity index (χ1) is 20.6. The Morgan fingerprint density at radius 1 is 0.952 bits per heavy atom. The van der Waals surface area contributed by atoms with Gasteiger partial charge in [0, 0.05) is 31.9 Å². The van der Waals surface area contributed by atoms with E-state index in [-0.39, 0.29) is 17.2 Å². The van der Waals surface area contributed by atoms with Crippen molar-refractivity contribution in [2.45, 2.75) is 24.5 Å². The molecule has 1 fully saturated rings.